The van der Waals surface area contributed by atoms with Gasteiger partial charge in [-0.15, -0.1) is 0 Å². The van der Waals surface area contributed by atoms with Gasteiger partial charge in [-0.3, -0.25) is 0 Å². The van der Waals surface area contributed by atoms with Gasteiger partial charge in [-0.25, -0.2) is 0 Å². The SMILES string of the molecule is Oc1ccccc1-c1cc2ccccc2c2ccccc12. The number of rotatable bonds is 1. The lowest BCUT2D eigenvalue weighted by molar-refractivity contribution is 0.477. The number of fused-ring (bicyclic) bond motifs is 3. The average Bonchev–Trinajstić information content (AvgIpc) is 2.55. The molecule has 0 aliphatic rings. The Balaban J connectivity index is 2.20. The molecular formula is C20H14O. The van der Waals surface area contributed by atoms with Crippen molar-refractivity contribution in [2.24, 2.45) is 0 Å². The first-order valence-corrected chi connectivity index (χ1v) is 7.03. The lowest BCUT2D eigenvalue weighted by Crippen LogP contribution is -1.85. The van der Waals surface area contributed by atoms with Crippen molar-refractivity contribution in [1.82, 2.24) is 0 Å². The summed E-state index contributed by atoms with van der Waals surface area (Å²) < 4.78 is 0. The van der Waals surface area contributed by atoms with Crippen LogP contribution >= 0.6 is 0 Å². The monoisotopic (exact) mass is 270 g/mol. The van der Waals surface area contributed by atoms with Crippen LogP contribution in [0, 0.1) is 0 Å². The van der Waals surface area contributed by atoms with Gasteiger partial charge in [-0.05, 0) is 39.2 Å². The Labute approximate surface area is 123 Å². The summed E-state index contributed by atoms with van der Waals surface area (Å²) in [5.41, 5.74) is 1.95. The fraction of sp³-hybridized carbons (Fsp3) is 0. The molecule has 0 saturated heterocycles. The Hall–Kier alpha value is -2.80. The zero-order valence-electron chi connectivity index (χ0n) is 11.5. The van der Waals surface area contributed by atoms with E-state index in [-0.39, 0.29) is 0 Å². The molecule has 1 heteroatoms. The molecule has 0 unspecified atom stereocenters. The standard InChI is InChI=1S/C20H14O/c21-20-12-6-5-11-18(20)19-13-14-7-1-2-8-15(14)16-9-3-4-10-17(16)19/h1-13,21H. The second-order valence-corrected chi connectivity index (χ2v) is 5.21. The van der Waals surface area contributed by atoms with E-state index < -0.39 is 0 Å². The van der Waals surface area contributed by atoms with Gasteiger partial charge in [-0.2, -0.15) is 0 Å². The molecule has 0 radical (unpaired) electrons. The van der Waals surface area contributed by atoms with Gasteiger partial charge in [0.1, 0.15) is 5.75 Å². The quantitative estimate of drug-likeness (QED) is 0.461. The summed E-state index contributed by atoms with van der Waals surface area (Å²) in [5, 5.41) is 15.0. The maximum absolute atomic E-state index is 10.2. The van der Waals surface area contributed by atoms with Crippen molar-refractivity contribution >= 4 is 21.5 Å². The Morgan fingerprint density at radius 2 is 1.14 bits per heavy atom. The van der Waals surface area contributed by atoms with Crippen molar-refractivity contribution in [2.45, 2.75) is 0 Å². The number of hydrogen-bond donors (Lipinski definition) is 1. The van der Waals surface area contributed by atoms with Crippen LogP contribution in [-0.2, 0) is 0 Å². The molecule has 0 amide bonds. The van der Waals surface area contributed by atoms with E-state index in [1.165, 1.54) is 16.2 Å². The summed E-state index contributed by atoms with van der Waals surface area (Å²) in [6.07, 6.45) is 0. The fourth-order valence-electron chi connectivity index (χ4n) is 2.98. The number of phenolic OH excluding ortho intramolecular Hbond substituents is 1. The molecule has 0 aromatic heterocycles. The summed E-state index contributed by atoms with van der Waals surface area (Å²) in [5.74, 6) is 0.318. The molecule has 0 saturated carbocycles. The van der Waals surface area contributed by atoms with Crippen LogP contribution in [0.25, 0.3) is 32.7 Å². The zero-order valence-corrected chi connectivity index (χ0v) is 11.5. The molecule has 0 atom stereocenters. The molecule has 100 valence electrons. The number of para-hydroxylation sites is 1. The van der Waals surface area contributed by atoms with Crippen molar-refractivity contribution < 1.29 is 5.11 Å². The van der Waals surface area contributed by atoms with Crippen LogP contribution in [-0.4, -0.2) is 5.11 Å². The molecule has 4 aromatic rings. The number of phenols is 1. The van der Waals surface area contributed by atoms with Crippen LogP contribution in [0.15, 0.2) is 78.9 Å². The third-order valence-electron chi connectivity index (χ3n) is 3.96. The van der Waals surface area contributed by atoms with Crippen LogP contribution in [0.2, 0.25) is 0 Å². The van der Waals surface area contributed by atoms with E-state index in [1.807, 2.05) is 30.3 Å². The highest BCUT2D eigenvalue weighted by Gasteiger charge is 2.10. The molecule has 21 heavy (non-hydrogen) atoms. The van der Waals surface area contributed by atoms with E-state index in [9.17, 15) is 5.11 Å². The van der Waals surface area contributed by atoms with Crippen molar-refractivity contribution in [2.75, 3.05) is 0 Å². The lowest BCUT2D eigenvalue weighted by Gasteiger charge is -2.12. The van der Waals surface area contributed by atoms with Crippen LogP contribution < -0.4 is 0 Å². The van der Waals surface area contributed by atoms with E-state index >= 15 is 0 Å². The second-order valence-electron chi connectivity index (χ2n) is 5.21. The van der Waals surface area contributed by atoms with Crippen molar-refractivity contribution in [1.29, 1.82) is 0 Å². The van der Waals surface area contributed by atoms with Crippen LogP contribution in [0.3, 0.4) is 0 Å². The van der Waals surface area contributed by atoms with Gasteiger partial charge in [0.05, 0.1) is 0 Å². The predicted octanol–water partition coefficient (Wildman–Crippen LogP) is 5.37. The molecule has 0 bridgehead atoms. The van der Waals surface area contributed by atoms with Crippen LogP contribution in [0.5, 0.6) is 5.75 Å². The minimum Gasteiger partial charge on any atom is -0.507 e. The van der Waals surface area contributed by atoms with Crippen molar-refractivity contribution in [3.63, 3.8) is 0 Å². The van der Waals surface area contributed by atoms with Crippen LogP contribution in [0.1, 0.15) is 0 Å². The highest BCUT2D eigenvalue weighted by Crippen LogP contribution is 2.38. The maximum Gasteiger partial charge on any atom is 0.123 e. The van der Waals surface area contributed by atoms with Gasteiger partial charge in [0.25, 0.3) is 0 Å². The fourth-order valence-corrected chi connectivity index (χ4v) is 2.98. The maximum atomic E-state index is 10.2. The van der Waals surface area contributed by atoms with Gasteiger partial charge < -0.3 is 5.11 Å². The summed E-state index contributed by atoms with van der Waals surface area (Å²) >= 11 is 0. The number of hydrogen-bond acceptors (Lipinski definition) is 1. The summed E-state index contributed by atoms with van der Waals surface area (Å²) in [7, 11) is 0. The first-order valence-electron chi connectivity index (χ1n) is 7.03. The summed E-state index contributed by atoms with van der Waals surface area (Å²) in [6.45, 7) is 0. The predicted molar refractivity (Wildman–Crippen MR) is 88.6 cm³/mol. The topological polar surface area (TPSA) is 20.2 Å². The van der Waals surface area contributed by atoms with E-state index in [0.29, 0.717) is 5.75 Å². The highest BCUT2D eigenvalue weighted by atomic mass is 16.3. The lowest BCUT2D eigenvalue weighted by atomic mass is 9.93. The normalized spacial score (nSPS) is 11.0. The van der Waals surface area contributed by atoms with E-state index in [4.69, 9.17) is 0 Å². The number of aromatic hydroxyl groups is 1. The van der Waals surface area contributed by atoms with E-state index in [1.54, 1.807) is 6.07 Å². The average molecular weight is 270 g/mol. The molecule has 0 aliphatic carbocycles. The molecular weight excluding hydrogens is 256 g/mol. The van der Waals surface area contributed by atoms with Gasteiger partial charge in [-0.1, -0.05) is 66.7 Å². The minimum atomic E-state index is 0.318. The molecule has 4 aromatic carbocycles. The molecule has 4 rings (SSSR count). The first-order chi connectivity index (χ1) is 10.3. The van der Waals surface area contributed by atoms with Gasteiger partial charge in [0, 0.05) is 5.56 Å². The zero-order chi connectivity index (χ0) is 14.2. The smallest absolute Gasteiger partial charge is 0.123 e. The molecule has 1 nitrogen and oxygen atoms in total. The largest absolute Gasteiger partial charge is 0.507 e. The highest BCUT2D eigenvalue weighted by molar-refractivity contribution is 6.14. The van der Waals surface area contributed by atoms with Crippen molar-refractivity contribution in [3.8, 4) is 16.9 Å². The van der Waals surface area contributed by atoms with Gasteiger partial charge in [0.15, 0.2) is 0 Å². The molecule has 0 aliphatic heterocycles. The molecule has 1 N–H and O–H groups in total. The minimum absolute atomic E-state index is 0.318. The molecule has 0 spiro atoms. The molecule has 0 fully saturated rings. The number of benzene rings is 4. The van der Waals surface area contributed by atoms with E-state index in [0.717, 1.165) is 16.5 Å². The first kappa shape index (κ1) is 12.0. The Bertz CT molecular complexity index is 954. The Kier molecular flexibility index (Phi) is 2.65. The van der Waals surface area contributed by atoms with Crippen LogP contribution in [0.4, 0.5) is 0 Å². The third kappa shape index (κ3) is 1.86. The Morgan fingerprint density at radius 3 is 1.95 bits per heavy atom. The van der Waals surface area contributed by atoms with E-state index in [2.05, 4.69) is 42.5 Å². The van der Waals surface area contributed by atoms with Gasteiger partial charge >= 0.3 is 0 Å². The van der Waals surface area contributed by atoms with Crippen molar-refractivity contribution in [3.05, 3.63) is 78.9 Å². The second kappa shape index (κ2) is 4.64. The summed E-state index contributed by atoms with van der Waals surface area (Å²) in [6, 6.07) is 26.4. The molecule has 0 heterocycles. The summed E-state index contributed by atoms with van der Waals surface area (Å²) in [4.78, 5) is 0. The van der Waals surface area contributed by atoms with Gasteiger partial charge in [0.2, 0.25) is 0 Å². The Morgan fingerprint density at radius 1 is 0.524 bits per heavy atom. The third-order valence-corrected chi connectivity index (χ3v) is 3.96.